The smallest absolute Gasteiger partial charge is 0.235 e. The van der Waals surface area contributed by atoms with E-state index in [1.807, 2.05) is 54.6 Å². The predicted octanol–water partition coefficient (Wildman–Crippen LogP) is 2.86. The largest absolute Gasteiger partial charge is 0.358 e. The highest BCUT2D eigenvalue weighted by molar-refractivity contribution is 6.10. The van der Waals surface area contributed by atoms with Gasteiger partial charge in [0.05, 0.1) is 11.8 Å². The van der Waals surface area contributed by atoms with Crippen LogP contribution in [0.1, 0.15) is 28.7 Å². The van der Waals surface area contributed by atoms with Gasteiger partial charge in [0.1, 0.15) is 0 Å². The molecule has 2 aromatic carbocycles. The van der Waals surface area contributed by atoms with E-state index < -0.39 is 5.92 Å². The topological polar surface area (TPSA) is 62.0 Å². The van der Waals surface area contributed by atoms with E-state index in [0.29, 0.717) is 0 Å². The zero-order valence-electron chi connectivity index (χ0n) is 13.0. The Hall–Kier alpha value is -2.88. The Morgan fingerprint density at radius 3 is 2.46 bits per heavy atom. The highest BCUT2D eigenvalue weighted by Crippen LogP contribution is 2.49. The van der Waals surface area contributed by atoms with Crippen LogP contribution in [0.5, 0.6) is 0 Å². The molecule has 2 aliphatic rings. The number of aromatic nitrogens is 1. The summed E-state index contributed by atoms with van der Waals surface area (Å²) in [6.45, 7) is 0. The number of hydrogen-bond donors (Lipinski definition) is 2. The first-order valence-corrected chi connectivity index (χ1v) is 8.23. The highest BCUT2D eigenvalue weighted by Gasteiger charge is 2.51. The van der Waals surface area contributed by atoms with E-state index in [1.54, 1.807) is 0 Å². The summed E-state index contributed by atoms with van der Waals surface area (Å²) < 4.78 is 0. The quantitative estimate of drug-likeness (QED) is 0.678. The number of carbonyl (C=O) groups excluding carboxylic acids is 2. The van der Waals surface area contributed by atoms with Crippen LogP contribution >= 0.6 is 0 Å². The summed E-state index contributed by atoms with van der Waals surface area (Å²) in [5.74, 6) is -1.02. The van der Waals surface area contributed by atoms with Crippen LogP contribution in [0.15, 0.2) is 54.6 Å². The summed E-state index contributed by atoms with van der Waals surface area (Å²) in [6.07, 6.45) is 0.746. The van der Waals surface area contributed by atoms with Crippen molar-refractivity contribution in [3.05, 3.63) is 71.4 Å². The Morgan fingerprint density at radius 2 is 1.62 bits per heavy atom. The Balaban J connectivity index is 1.75. The number of aromatic amines is 1. The molecule has 2 heterocycles. The van der Waals surface area contributed by atoms with Gasteiger partial charge in [0.25, 0.3) is 0 Å². The number of H-pyrrole nitrogens is 1. The molecule has 1 aliphatic carbocycles. The van der Waals surface area contributed by atoms with Gasteiger partial charge in [-0.2, -0.15) is 0 Å². The van der Waals surface area contributed by atoms with Gasteiger partial charge in [-0.3, -0.25) is 14.9 Å². The normalized spacial score (nSPS) is 25.4. The van der Waals surface area contributed by atoms with Gasteiger partial charge in [0.15, 0.2) is 0 Å². The molecule has 0 bridgehead atoms. The standard InChI is InChI=1S/C20H16N2O2/c23-19-17-13(11-6-2-1-3-7-11)10-15-16(18(17)20(24)22-19)12-8-4-5-9-14(12)21-15/h1-9,13,17-18,21H,10H2,(H,22,23,24). The number of imide groups is 1. The molecular weight excluding hydrogens is 300 g/mol. The summed E-state index contributed by atoms with van der Waals surface area (Å²) in [5, 5.41) is 3.62. The van der Waals surface area contributed by atoms with Gasteiger partial charge in [0, 0.05) is 22.5 Å². The molecule has 1 aromatic heterocycles. The van der Waals surface area contributed by atoms with Crippen LogP contribution in [-0.4, -0.2) is 16.8 Å². The molecule has 1 aliphatic heterocycles. The number of amides is 2. The average molecular weight is 316 g/mol. The van der Waals surface area contributed by atoms with Crippen LogP contribution in [0, 0.1) is 5.92 Å². The lowest BCUT2D eigenvalue weighted by atomic mass is 9.69. The molecule has 3 aromatic rings. The maximum absolute atomic E-state index is 12.6. The van der Waals surface area contributed by atoms with Crippen molar-refractivity contribution >= 4 is 22.7 Å². The van der Waals surface area contributed by atoms with Gasteiger partial charge in [-0.05, 0) is 23.6 Å². The number of hydrogen-bond acceptors (Lipinski definition) is 2. The first kappa shape index (κ1) is 13.5. The molecule has 0 saturated carbocycles. The maximum Gasteiger partial charge on any atom is 0.235 e. The molecule has 3 unspecified atom stereocenters. The van der Waals surface area contributed by atoms with Crippen LogP contribution in [0.25, 0.3) is 10.9 Å². The Kier molecular flexibility index (Phi) is 2.71. The van der Waals surface area contributed by atoms with E-state index in [1.165, 1.54) is 0 Å². The number of fused-ring (bicyclic) bond motifs is 5. The summed E-state index contributed by atoms with van der Waals surface area (Å²) in [4.78, 5) is 28.6. The molecule has 5 rings (SSSR count). The zero-order chi connectivity index (χ0) is 16.3. The first-order valence-electron chi connectivity index (χ1n) is 8.23. The minimum absolute atomic E-state index is 0.0169. The highest BCUT2D eigenvalue weighted by atomic mass is 16.2. The molecule has 4 nitrogen and oxygen atoms in total. The summed E-state index contributed by atoms with van der Waals surface area (Å²) >= 11 is 0. The first-order chi connectivity index (χ1) is 11.7. The number of nitrogens with one attached hydrogen (secondary N) is 2. The third kappa shape index (κ3) is 1.74. The number of rotatable bonds is 1. The Labute approximate surface area is 138 Å². The SMILES string of the molecule is O=C1NC(=O)C2C(c3ccccc3)Cc3[nH]c4ccccc4c3C12. The fraction of sp³-hybridized carbons (Fsp3) is 0.200. The number of para-hydroxylation sites is 1. The second-order valence-electron chi connectivity index (χ2n) is 6.64. The molecule has 0 spiro atoms. The van der Waals surface area contributed by atoms with Crippen molar-refractivity contribution in [2.45, 2.75) is 18.3 Å². The lowest BCUT2D eigenvalue weighted by molar-refractivity contribution is -0.126. The van der Waals surface area contributed by atoms with E-state index in [4.69, 9.17) is 0 Å². The summed E-state index contributed by atoms with van der Waals surface area (Å²) in [5.41, 5.74) is 4.23. The summed E-state index contributed by atoms with van der Waals surface area (Å²) in [6, 6.07) is 18.0. The second-order valence-corrected chi connectivity index (χ2v) is 6.64. The molecule has 0 radical (unpaired) electrons. The number of carbonyl (C=O) groups is 2. The van der Waals surface area contributed by atoms with Gasteiger partial charge in [-0.15, -0.1) is 0 Å². The van der Waals surface area contributed by atoms with E-state index >= 15 is 0 Å². The van der Waals surface area contributed by atoms with E-state index in [2.05, 4.69) is 10.3 Å². The van der Waals surface area contributed by atoms with E-state index in [9.17, 15) is 9.59 Å². The third-order valence-electron chi connectivity index (χ3n) is 5.41. The van der Waals surface area contributed by atoms with Crippen molar-refractivity contribution in [1.82, 2.24) is 10.3 Å². The minimum Gasteiger partial charge on any atom is -0.358 e. The van der Waals surface area contributed by atoms with Gasteiger partial charge in [0.2, 0.25) is 11.8 Å². The van der Waals surface area contributed by atoms with E-state index in [-0.39, 0.29) is 23.7 Å². The molecule has 2 N–H and O–H groups in total. The zero-order valence-corrected chi connectivity index (χ0v) is 13.0. The van der Waals surface area contributed by atoms with E-state index in [0.717, 1.165) is 34.1 Å². The van der Waals surface area contributed by atoms with Crippen LogP contribution in [0.3, 0.4) is 0 Å². The maximum atomic E-state index is 12.6. The molecule has 24 heavy (non-hydrogen) atoms. The fourth-order valence-corrected chi connectivity index (χ4v) is 4.43. The van der Waals surface area contributed by atoms with Crippen LogP contribution in [-0.2, 0) is 16.0 Å². The fourth-order valence-electron chi connectivity index (χ4n) is 4.43. The van der Waals surface area contributed by atoms with Crippen molar-refractivity contribution in [1.29, 1.82) is 0 Å². The van der Waals surface area contributed by atoms with Gasteiger partial charge in [-0.1, -0.05) is 48.5 Å². The Bertz CT molecular complexity index is 974. The number of benzene rings is 2. The monoisotopic (exact) mass is 316 g/mol. The predicted molar refractivity (Wildman–Crippen MR) is 90.6 cm³/mol. The lowest BCUT2D eigenvalue weighted by Crippen LogP contribution is -2.30. The minimum atomic E-state index is -0.400. The second kappa shape index (κ2) is 4.81. The molecular formula is C20H16N2O2. The molecule has 118 valence electrons. The van der Waals surface area contributed by atoms with Gasteiger partial charge >= 0.3 is 0 Å². The molecule has 1 fully saturated rings. The third-order valence-corrected chi connectivity index (χ3v) is 5.41. The molecule has 4 heteroatoms. The van der Waals surface area contributed by atoms with Crippen molar-refractivity contribution in [3.63, 3.8) is 0 Å². The van der Waals surface area contributed by atoms with Crippen molar-refractivity contribution in [3.8, 4) is 0 Å². The van der Waals surface area contributed by atoms with Crippen LogP contribution in [0.2, 0.25) is 0 Å². The van der Waals surface area contributed by atoms with Crippen molar-refractivity contribution < 1.29 is 9.59 Å². The van der Waals surface area contributed by atoms with Gasteiger partial charge in [-0.25, -0.2) is 0 Å². The molecule has 3 atom stereocenters. The van der Waals surface area contributed by atoms with Crippen molar-refractivity contribution in [2.24, 2.45) is 5.92 Å². The van der Waals surface area contributed by atoms with Crippen LogP contribution in [0.4, 0.5) is 0 Å². The molecule has 2 amide bonds. The van der Waals surface area contributed by atoms with Crippen LogP contribution < -0.4 is 5.32 Å². The summed E-state index contributed by atoms with van der Waals surface area (Å²) in [7, 11) is 0. The molecule has 1 saturated heterocycles. The Morgan fingerprint density at radius 1 is 0.875 bits per heavy atom. The lowest BCUT2D eigenvalue weighted by Gasteiger charge is -2.31. The van der Waals surface area contributed by atoms with Gasteiger partial charge < -0.3 is 4.98 Å². The average Bonchev–Trinajstić information content (AvgIpc) is 3.12. The van der Waals surface area contributed by atoms with Crippen molar-refractivity contribution in [2.75, 3.05) is 0 Å².